The zero-order valence-corrected chi connectivity index (χ0v) is 12.0. The second-order valence-corrected chi connectivity index (χ2v) is 6.20. The minimum atomic E-state index is -0.0307. The van der Waals surface area contributed by atoms with Crippen molar-refractivity contribution in [1.29, 1.82) is 0 Å². The van der Waals surface area contributed by atoms with Gasteiger partial charge in [-0.3, -0.25) is 9.78 Å². The molecule has 0 saturated heterocycles. The van der Waals surface area contributed by atoms with Crippen LogP contribution in [0, 0.1) is 11.3 Å². The van der Waals surface area contributed by atoms with Gasteiger partial charge in [-0.2, -0.15) is 0 Å². The Morgan fingerprint density at radius 1 is 1.40 bits per heavy atom. The molecule has 20 heavy (non-hydrogen) atoms. The minimum Gasteiger partial charge on any atom is -0.391 e. The van der Waals surface area contributed by atoms with Gasteiger partial charge in [0.05, 0.1) is 5.92 Å². The molecule has 0 aromatic carbocycles. The molecule has 1 saturated carbocycles. The van der Waals surface area contributed by atoms with Crippen LogP contribution in [0.25, 0.3) is 0 Å². The van der Waals surface area contributed by atoms with Crippen LogP contribution in [0.5, 0.6) is 0 Å². The fourth-order valence-corrected chi connectivity index (χ4v) is 3.11. The Labute approximate surface area is 118 Å². The van der Waals surface area contributed by atoms with Gasteiger partial charge in [0.1, 0.15) is 6.10 Å². The van der Waals surface area contributed by atoms with Gasteiger partial charge in [0.25, 0.3) is 0 Å². The molecule has 1 aromatic rings. The summed E-state index contributed by atoms with van der Waals surface area (Å²) < 4.78 is 0. The van der Waals surface area contributed by atoms with Crippen LogP contribution in [0.4, 0.5) is 0 Å². The number of oxime groups is 1. The number of nitrogens with one attached hydrogen (secondary N) is 1. The van der Waals surface area contributed by atoms with Crippen molar-refractivity contribution in [3.63, 3.8) is 0 Å². The van der Waals surface area contributed by atoms with E-state index in [9.17, 15) is 4.79 Å². The standard InChI is InChI=1S/C15H19N3O2/c1-9-8-11(18-20-9)17-14(19)13-12(15(13,2)3)10-4-6-16-7-5-10/h4-7,9,12-13H,8H2,1-3H3,(H,17,18,19)/t9?,12-,13+/m1/s1. The van der Waals surface area contributed by atoms with E-state index in [1.807, 2.05) is 19.1 Å². The Hall–Kier alpha value is -1.91. The van der Waals surface area contributed by atoms with E-state index in [0.717, 1.165) is 0 Å². The lowest BCUT2D eigenvalue weighted by Gasteiger charge is -2.04. The Morgan fingerprint density at radius 3 is 2.70 bits per heavy atom. The smallest absolute Gasteiger partial charge is 0.229 e. The highest BCUT2D eigenvalue weighted by atomic mass is 16.6. The largest absolute Gasteiger partial charge is 0.391 e. The molecule has 1 unspecified atom stereocenters. The Kier molecular flexibility index (Phi) is 3.00. The number of carbonyl (C=O) groups is 1. The van der Waals surface area contributed by atoms with Crippen molar-refractivity contribution in [3.05, 3.63) is 30.1 Å². The molecule has 0 spiro atoms. The van der Waals surface area contributed by atoms with Crippen molar-refractivity contribution >= 4 is 11.7 Å². The highest BCUT2D eigenvalue weighted by Gasteiger charge is 2.62. The van der Waals surface area contributed by atoms with Gasteiger partial charge in [-0.25, -0.2) is 0 Å². The maximum Gasteiger partial charge on any atom is 0.229 e. The van der Waals surface area contributed by atoms with E-state index in [4.69, 9.17) is 4.84 Å². The summed E-state index contributed by atoms with van der Waals surface area (Å²) in [6.07, 6.45) is 4.26. The molecular weight excluding hydrogens is 254 g/mol. The monoisotopic (exact) mass is 273 g/mol. The van der Waals surface area contributed by atoms with Gasteiger partial charge < -0.3 is 10.2 Å². The third kappa shape index (κ3) is 2.17. The predicted molar refractivity (Wildman–Crippen MR) is 75.0 cm³/mol. The van der Waals surface area contributed by atoms with Crippen LogP contribution in [-0.4, -0.2) is 22.8 Å². The molecule has 106 valence electrons. The van der Waals surface area contributed by atoms with Crippen LogP contribution in [0.2, 0.25) is 0 Å². The Morgan fingerprint density at radius 2 is 2.10 bits per heavy atom. The lowest BCUT2D eigenvalue weighted by atomic mass is 10.0. The van der Waals surface area contributed by atoms with Gasteiger partial charge in [-0.15, -0.1) is 0 Å². The van der Waals surface area contributed by atoms with Crippen LogP contribution in [0.3, 0.4) is 0 Å². The van der Waals surface area contributed by atoms with Crippen molar-refractivity contribution in [1.82, 2.24) is 10.3 Å². The molecule has 3 atom stereocenters. The maximum absolute atomic E-state index is 12.4. The van der Waals surface area contributed by atoms with Crippen LogP contribution in [-0.2, 0) is 9.63 Å². The fourth-order valence-electron chi connectivity index (χ4n) is 3.11. The zero-order chi connectivity index (χ0) is 14.3. The van der Waals surface area contributed by atoms with Crippen LogP contribution < -0.4 is 5.32 Å². The SMILES string of the molecule is CC1CC(NC(=O)[C@@H]2[C@@H](c3ccncc3)C2(C)C)=NO1. The first kappa shape index (κ1) is 13.1. The summed E-state index contributed by atoms with van der Waals surface area (Å²) in [5.41, 5.74) is 1.14. The molecular formula is C15H19N3O2. The average Bonchev–Trinajstić information content (AvgIpc) is 2.75. The summed E-state index contributed by atoms with van der Waals surface area (Å²) in [5, 5.41) is 6.78. The topological polar surface area (TPSA) is 63.6 Å². The molecule has 5 nitrogen and oxygen atoms in total. The molecule has 2 heterocycles. The molecule has 5 heteroatoms. The van der Waals surface area contributed by atoms with Crippen molar-refractivity contribution in [2.24, 2.45) is 16.5 Å². The first-order chi connectivity index (χ1) is 9.50. The molecule has 1 fully saturated rings. The molecule has 1 aliphatic heterocycles. The van der Waals surface area contributed by atoms with Gasteiger partial charge in [0.2, 0.25) is 5.91 Å². The van der Waals surface area contributed by atoms with E-state index < -0.39 is 0 Å². The number of amidine groups is 1. The van der Waals surface area contributed by atoms with E-state index in [1.165, 1.54) is 5.56 Å². The van der Waals surface area contributed by atoms with E-state index in [0.29, 0.717) is 12.3 Å². The number of hydrogen-bond acceptors (Lipinski definition) is 4. The molecule has 1 aromatic heterocycles. The van der Waals surface area contributed by atoms with Gasteiger partial charge in [0.15, 0.2) is 5.84 Å². The first-order valence-corrected chi connectivity index (χ1v) is 6.93. The minimum absolute atomic E-state index is 0.0245. The van der Waals surface area contributed by atoms with Crippen LogP contribution >= 0.6 is 0 Å². The number of carbonyl (C=O) groups excluding carboxylic acids is 1. The lowest BCUT2D eigenvalue weighted by molar-refractivity contribution is -0.121. The van der Waals surface area contributed by atoms with Crippen LogP contribution in [0.15, 0.2) is 29.7 Å². The summed E-state index contributed by atoms with van der Waals surface area (Å²) in [4.78, 5) is 21.5. The number of nitrogens with zero attached hydrogens (tertiary/aromatic N) is 2. The lowest BCUT2D eigenvalue weighted by Crippen LogP contribution is -2.32. The number of amides is 1. The Balaban J connectivity index is 1.70. The second kappa shape index (κ2) is 4.58. The highest BCUT2D eigenvalue weighted by molar-refractivity contribution is 6.01. The van der Waals surface area contributed by atoms with E-state index in [2.05, 4.69) is 29.3 Å². The molecule has 3 rings (SSSR count). The van der Waals surface area contributed by atoms with E-state index in [-0.39, 0.29) is 29.3 Å². The molecule has 1 N–H and O–H groups in total. The third-order valence-electron chi connectivity index (χ3n) is 4.27. The molecule has 1 aliphatic carbocycles. The third-order valence-corrected chi connectivity index (χ3v) is 4.27. The summed E-state index contributed by atoms with van der Waals surface area (Å²) in [5.74, 6) is 0.890. The van der Waals surface area contributed by atoms with Gasteiger partial charge >= 0.3 is 0 Å². The summed E-state index contributed by atoms with van der Waals surface area (Å²) in [6.45, 7) is 6.18. The normalized spacial score (nSPS) is 30.4. The quantitative estimate of drug-likeness (QED) is 0.897. The zero-order valence-electron chi connectivity index (χ0n) is 12.0. The summed E-state index contributed by atoms with van der Waals surface area (Å²) >= 11 is 0. The van der Waals surface area contributed by atoms with Crippen molar-refractivity contribution in [3.8, 4) is 0 Å². The van der Waals surface area contributed by atoms with Gasteiger partial charge in [0, 0.05) is 24.7 Å². The average molecular weight is 273 g/mol. The molecule has 2 aliphatic rings. The van der Waals surface area contributed by atoms with Crippen molar-refractivity contribution in [2.75, 3.05) is 0 Å². The fraction of sp³-hybridized carbons (Fsp3) is 0.533. The van der Waals surface area contributed by atoms with Crippen molar-refractivity contribution < 1.29 is 9.63 Å². The number of pyridine rings is 1. The summed E-state index contributed by atoms with van der Waals surface area (Å²) in [6, 6.07) is 3.97. The van der Waals surface area contributed by atoms with Gasteiger partial charge in [-0.1, -0.05) is 19.0 Å². The van der Waals surface area contributed by atoms with E-state index in [1.54, 1.807) is 12.4 Å². The number of rotatable bonds is 2. The van der Waals surface area contributed by atoms with Gasteiger partial charge in [-0.05, 0) is 30.0 Å². The number of aromatic nitrogens is 1. The Bertz CT molecular complexity index is 553. The first-order valence-electron chi connectivity index (χ1n) is 6.93. The van der Waals surface area contributed by atoms with Crippen molar-refractivity contribution in [2.45, 2.75) is 39.2 Å². The molecule has 1 amide bonds. The maximum atomic E-state index is 12.4. The highest BCUT2D eigenvalue weighted by Crippen LogP contribution is 2.64. The van der Waals surface area contributed by atoms with E-state index >= 15 is 0 Å². The predicted octanol–water partition coefficient (Wildman–Crippen LogP) is 2.06. The van der Waals surface area contributed by atoms with Crippen LogP contribution in [0.1, 0.15) is 38.7 Å². The second-order valence-electron chi connectivity index (χ2n) is 6.20. The summed E-state index contributed by atoms with van der Waals surface area (Å²) in [7, 11) is 0. The molecule has 0 radical (unpaired) electrons. The number of hydrogen-bond donors (Lipinski definition) is 1. The molecule has 0 bridgehead atoms.